The van der Waals surface area contributed by atoms with Gasteiger partial charge in [0.05, 0.1) is 6.61 Å². The highest BCUT2D eigenvalue weighted by Crippen LogP contribution is 2.27. The van der Waals surface area contributed by atoms with Gasteiger partial charge in [0, 0.05) is 19.4 Å². The van der Waals surface area contributed by atoms with Crippen LogP contribution in [0.15, 0.2) is 30.3 Å². The molecule has 70 valence electrons. The number of halogens is 1. The average molecular weight is 180 g/mol. The van der Waals surface area contributed by atoms with Crippen LogP contribution < -0.4 is 0 Å². The van der Waals surface area contributed by atoms with Gasteiger partial charge < -0.3 is 4.74 Å². The van der Waals surface area contributed by atoms with Crippen LogP contribution in [0.4, 0.5) is 4.39 Å². The lowest BCUT2D eigenvalue weighted by Crippen LogP contribution is -2.25. The zero-order valence-corrected chi connectivity index (χ0v) is 7.50. The summed E-state index contributed by atoms with van der Waals surface area (Å²) < 4.78 is 18.9. The van der Waals surface area contributed by atoms with Crippen LogP contribution in [0.2, 0.25) is 0 Å². The molecule has 0 radical (unpaired) electrons. The molecule has 1 fully saturated rings. The van der Waals surface area contributed by atoms with E-state index in [2.05, 4.69) is 0 Å². The molecule has 1 unspecified atom stereocenters. The standard InChI is InChI=1S/C11H13FO/c12-11(6-7-13-9-11)8-10-4-2-1-3-5-10/h1-5H,6-9H2. The molecule has 1 nitrogen and oxygen atoms in total. The Morgan fingerprint density at radius 1 is 1.31 bits per heavy atom. The Labute approximate surface area is 77.5 Å². The third-order valence-electron chi connectivity index (χ3n) is 2.42. The molecule has 2 heteroatoms. The molecule has 1 heterocycles. The van der Waals surface area contributed by atoms with Gasteiger partial charge in [0.25, 0.3) is 0 Å². The Morgan fingerprint density at radius 3 is 2.69 bits per heavy atom. The summed E-state index contributed by atoms with van der Waals surface area (Å²) >= 11 is 0. The van der Waals surface area contributed by atoms with Crippen molar-refractivity contribution in [1.29, 1.82) is 0 Å². The molecule has 1 saturated heterocycles. The first-order valence-electron chi connectivity index (χ1n) is 4.59. The zero-order chi connectivity index (χ0) is 9.15. The first-order chi connectivity index (χ1) is 6.29. The predicted molar refractivity (Wildman–Crippen MR) is 49.4 cm³/mol. The third-order valence-corrected chi connectivity index (χ3v) is 2.42. The largest absolute Gasteiger partial charge is 0.378 e. The fraction of sp³-hybridized carbons (Fsp3) is 0.455. The molecule has 1 aromatic rings. The van der Waals surface area contributed by atoms with E-state index < -0.39 is 5.67 Å². The Hall–Kier alpha value is -0.890. The van der Waals surface area contributed by atoms with Crippen LogP contribution in [0, 0.1) is 0 Å². The van der Waals surface area contributed by atoms with Crippen molar-refractivity contribution in [2.75, 3.05) is 13.2 Å². The summed E-state index contributed by atoms with van der Waals surface area (Å²) in [5.41, 5.74) is -0.0723. The molecule has 0 aromatic heterocycles. The molecule has 0 saturated carbocycles. The highest BCUT2D eigenvalue weighted by Gasteiger charge is 2.34. The van der Waals surface area contributed by atoms with Crippen LogP contribution >= 0.6 is 0 Å². The molecule has 1 aromatic carbocycles. The minimum absolute atomic E-state index is 0.252. The van der Waals surface area contributed by atoms with E-state index in [9.17, 15) is 4.39 Å². The maximum atomic E-state index is 13.9. The monoisotopic (exact) mass is 180 g/mol. The van der Waals surface area contributed by atoms with Crippen molar-refractivity contribution >= 4 is 0 Å². The maximum absolute atomic E-state index is 13.9. The van der Waals surface area contributed by atoms with E-state index in [0.29, 0.717) is 19.4 Å². The number of ether oxygens (including phenoxy) is 1. The van der Waals surface area contributed by atoms with Gasteiger partial charge in [0.15, 0.2) is 0 Å². The normalized spacial score (nSPS) is 27.8. The molecule has 13 heavy (non-hydrogen) atoms. The highest BCUT2D eigenvalue weighted by molar-refractivity contribution is 5.17. The predicted octanol–water partition coefficient (Wildman–Crippen LogP) is 2.36. The Balaban J connectivity index is 2.05. The first-order valence-corrected chi connectivity index (χ1v) is 4.59. The lowest BCUT2D eigenvalue weighted by Gasteiger charge is -2.16. The fourth-order valence-electron chi connectivity index (χ4n) is 1.68. The van der Waals surface area contributed by atoms with E-state index in [1.165, 1.54) is 0 Å². The van der Waals surface area contributed by atoms with Gasteiger partial charge in [0.1, 0.15) is 5.67 Å². The van der Waals surface area contributed by atoms with Gasteiger partial charge in [-0.25, -0.2) is 4.39 Å². The van der Waals surface area contributed by atoms with Crippen molar-refractivity contribution in [2.24, 2.45) is 0 Å². The Morgan fingerprint density at radius 2 is 2.08 bits per heavy atom. The topological polar surface area (TPSA) is 9.23 Å². The van der Waals surface area contributed by atoms with Crippen molar-refractivity contribution in [3.05, 3.63) is 35.9 Å². The van der Waals surface area contributed by atoms with Crippen molar-refractivity contribution in [3.8, 4) is 0 Å². The van der Waals surface area contributed by atoms with Crippen LogP contribution in [0.5, 0.6) is 0 Å². The van der Waals surface area contributed by atoms with Crippen LogP contribution in [0.1, 0.15) is 12.0 Å². The highest BCUT2D eigenvalue weighted by atomic mass is 19.1. The van der Waals surface area contributed by atoms with Gasteiger partial charge in [0.2, 0.25) is 0 Å². The van der Waals surface area contributed by atoms with Gasteiger partial charge in [-0.05, 0) is 5.56 Å². The second-order valence-corrected chi connectivity index (χ2v) is 3.62. The van der Waals surface area contributed by atoms with Gasteiger partial charge in [-0.15, -0.1) is 0 Å². The summed E-state index contributed by atoms with van der Waals surface area (Å²) in [5, 5.41) is 0. The lowest BCUT2D eigenvalue weighted by atomic mass is 9.96. The average Bonchev–Trinajstić information content (AvgIpc) is 2.54. The van der Waals surface area contributed by atoms with Gasteiger partial charge in [-0.2, -0.15) is 0 Å². The molecule has 0 N–H and O–H groups in total. The Kier molecular flexibility index (Phi) is 2.32. The molecular formula is C11H13FO. The van der Waals surface area contributed by atoms with Gasteiger partial charge in [-0.3, -0.25) is 0 Å². The maximum Gasteiger partial charge on any atom is 0.140 e. The first kappa shape index (κ1) is 8.70. The van der Waals surface area contributed by atoms with E-state index in [-0.39, 0.29) is 6.61 Å². The molecule has 0 aliphatic carbocycles. The smallest absolute Gasteiger partial charge is 0.140 e. The summed E-state index contributed by atoms with van der Waals surface area (Å²) in [6.45, 7) is 0.811. The van der Waals surface area contributed by atoms with E-state index in [0.717, 1.165) is 5.56 Å². The molecule has 2 rings (SSSR count). The summed E-state index contributed by atoms with van der Waals surface area (Å²) in [5.74, 6) is 0. The Bertz CT molecular complexity index is 265. The van der Waals surface area contributed by atoms with E-state index >= 15 is 0 Å². The number of hydrogen-bond donors (Lipinski definition) is 0. The van der Waals surface area contributed by atoms with Gasteiger partial charge in [-0.1, -0.05) is 30.3 Å². The summed E-state index contributed by atoms with van der Waals surface area (Å²) in [4.78, 5) is 0. The van der Waals surface area contributed by atoms with Crippen molar-refractivity contribution in [1.82, 2.24) is 0 Å². The van der Waals surface area contributed by atoms with Gasteiger partial charge >= 0.3 is 0 Å². The quantitative estimate of drug-likeness (QED) is 0.678. The molecule has 1 aliphatic heterocycles. The number of hydrogen-bond acceptors (Lipinski definition) is 1. The van der Waals surface area contributed by atoms with Crippen molar-refractivity contribution < 1.29 is 9.13 Å². The molecule has 0 bridgehead atoms. The SMILES string of the molecule is FC1(Cc2ccccc2)CCOC1. The molecule has 0 spiro atoms. The van der Waals surface area contributed by atoms with Crippen molar-refractivity contribution in [3.63, 3.8) is 0 Å². The van der Waals surface area contributed by atoms with Crippen LogP contribution in [0.3, 0.4) is 0 Å². The minimum Gasteiger partial charge on any atom is -0.378 e. The zero-order valence-electron chi connectivity index (χ0n) is 7.50. The fourth-order valence-corrected chi connectivity index (χ4v) is 1.68. The second-order valence-electron chi connectivity index (χ2n) is 3.62. The minimum atomic E-state index is -1.12. The molecule has 1 atom stereocenters. The number of benzene rings is 1. The molecular weight excluding hydrogens is 167 g/mol. The summed E-state index contributed by atoms with van der Waals surface area (Å²) in [6, 6.07) is 9.74. The van der Waals surface area contributed by atoms with E-state index in [1.807, 2.05) is 30.3 Å². The molecule has 0 amide bonds. The number of rotatable bonds is 2. The van der Waals surface area contributed by atoms with Crippen LogP contribution in [-0.4, -0.2) is 18.9 Å². The number of alkyl halides is 1. The van der Waals surface area contributed by atoms with E-state index in [1.54, 1.807) is 0 Å². The third kappa shape index (κ3) is 2.07. The summed E-state index contributed by atoms with van der Waals surface area (Å²) in [7, 11) is 0. The van der Waals surface area contributed by atoms with Crippen LogP contribution in [0.25, 0.3) is 0 Å². The van der Waals surface area contributed by atoms with E-state index in [4.69, 9.17) is 4.74 Å². The second kappa shape index (κ2) is 3.46. The van der Waals surface area contributed by atoms with Crippen molar-refractivity contribution in [2.45, 2.75) is 18.5 Å². The molecule has 1 aliphatic rings. The van der Waals surface area contributed by atoms with Crippen LogP contribution in [-0.2, 0) is 11.2 Å². The lowest BCUT2D eigenvalue weighted by molar-refractivity contribution is 0.112. The summed E-state index contributed by atoms with van der Waals surface area (Å²) in [6.07, 6.45) is 1.01.